The van der Waals surface area contributed by atoms with Gasteiger partial charge in [-0.3, -0.25) is 9.59 Å². The van der Waals surface area contributed by atoms with E-state index >= 15 is 0 Å². The normalized spacial score (nSPS) is 9.80. The van der Waals surface area contributed by atoms with Crippen molar-refractivity contribution in [3.63, 3.8) is 0 Å². The lowest BCUT2D eigenvalue weighted by Crippen LogP contribution is -2.19. The van der Waals surface area contributed by atoms with Crippen LogP contribution in [0.5, 0.6) is 11.5 Å². The summed E-state index contributed by atoms with van der Waals surface area (Å²) in [6, 6.07) is 17.6. The Hall–Kier alpha value is -2.62. The van der Waals surface area contributed by atoms with Crippen molar-refractivity contribution < 1.29 is 19.1 Å². The molecule has 0 spiro atoms. The van der Waals surface area contributed by atoms with E-state index in [1.807, 2.05) is 24.3 Å². The maximum atomic E-state index is 11.6. The van der Waals surface area contributed by atoms with E-state index in [2.05, 4.69) is 0 Å². The maximum absolute atomic E-state index is 11.6. The second-order valence-corrected chi connectivity index (χ2v) is 4.10. The Kier molecular flexibility index (Phi) is 4.89. The van der Waals surface area contributed by atoms with Gasteiger partial charge in [0.15, 0.2) is 5.78 Å². The molecule has 0 saturated heterocycles. The largest absolute Gasteiger partial charge is 0.486 e. The number of carbonyl (C=O) groups is 2. The first-order valence-corrected chi connectivity index (χ1v) is 6.19. The van der Waals surface area contributed by atoms with Gasteiger partial charge in [-0.25, -0.2) is 0 Å². The first kappa shape index (κ1) is 13.8. The van der Waals surface area contributed by atoms with Gasteiger partial charge in [-0.1, -0.05) is 36.4 Å². The number of esters is 1. The van der Waals surface area contributed by atoms with E-state index in [1.165, 1.54) is 0 Å². The highest BCUT2D eigenvalue weighted by atomic mass is 16.5. The molecule has 20 heavy (non-hydrogen) atoms. The molecule has 0 aliphatic carbocycles. The fourth-order valence-electron chi connectivity index (χ4n) is 1.55. The molecule has 0 amide bonds. The predicted molar refractivity (Wildman–Crippen MR) is 73.6 cm³/mol. The van der Waals surface area contributed by atoms with Crippen molar-refractivity contribution in [2.75, 3.05) is 6.61 Å². The molecule has 0 fully saturated rings. The summed E-state index contributed by atoms with van der Waals surface area (Å²) >= 11 is 0. The minimum atomic E-state index is -0.585. The molecular formula is C16H14O4. The molecule has 0 saturated carbocycles. The van der Waals surface area contributed by atoms with Gasteiger partial charge in [0.25, 0.3) is 0 Å². The Morgan fingerprint density at radius 2 is 1.35 bits per heavy atom. The molecule has 0 aliphatic heterocycles. The Morgan fingerprint density at radius 1 is 0.800 bits per heavy atom. The predicted octanol–water partition coefficient (Wildman–Crippen LogP) is 2.63. The fraction of sp³-hybridized carbons (Fsp3) is 0.125. The average molecular weight is 270 g/mol. The van der Waals surface area contributed by atoms with Crippen molar-refractivity contribution in [2.45, 2.75) is 6.42 Å². The molecule has 0 aromatic heterocycles. The minimum Gasteiger partial charge on any atom is -0.486 e. The molecule has 0 bridgehead atoms. The Morgan fingerprint density at radius 3 is 1.95 bits per heavy atom. The molecule has 2 aromatic carbocycles. The highest BCUT2D eigenvalue weighted by Gasteiger charge is 2.12. The zero-order chi connectivity index (χ0) is 14.2. The van der Waals surface area contributed by atoms with Crippen LogP contribution in [0.2, 0.25) is 0 Å². The van der Waals surface area contributed by atoms with Crippen molar-refractivity contribution in [1.29, 1.82) is 0 Å². The number of rotatable bonds is 6. The number of hydrogen-bond acceptors (Lipinski definition) is 4. The van der Waals surface area contributed by atoms with E-state index in [-0.39, 0.29) is 18.8 Å². The lowest BCUT2D eigenvalue weighted by atomic mass is 10.3. The number of carbonyl (C=O) groups excluding carboxylic acids is 2. The van der Waals surface area contributed by atoms with Gasteiger partial charge in [0, 0.05) is 0 Å². The second kappa shape index (κ2) is 7.09. The minimum absolute atomic E-state index is 0.145. The highest BCUT2D eigenvalue weighted by Crippen LogP contribution is 2.10. The van der Waals surface area contributed by atoms with Crippen LogP contribution in [0.4, 0.5) is 0 Å². The number of Topliss-reactive ketones (excluding diaryl/α,β-unsaturated/α-hetero) is 1. The van der Waals surface area contributed by atoms with Crippen LogP contribution in [0.25, 0.3) is 0 Å². The van der Waals surface area contributed by atoms with Gasteiger partial charge in [0.1, 0.15) is 24.5 Å². The first-order valence-electron chi connectivity index (χ1n) is 6.19. The van der Waals surface area contributed by atoms with Crippen LogP contribution in [-0.2, 0) is 9.59 Å². The van der Waals surface area contributed by atoms with Crippen LogP contribution in [-0.4, -0.2) is 18.4 Å². The van der Waals surface area contributed by atoms with Gasteiger partial charge in [0.05, 0.1) is 0 Å². The third-order valence-corrected chi connectivity index (χ3v) is 2.46. The lowest BCUT2D eigenvalue weighted by Gasteiger charge is -2.05. The SMILES string of the molecule is O=C(COc1ccccc1)CC(=O)Oc1ccccc1. The summed E-state index contributed by atoms with van der Waals surface area (Å²) in [5.74, 6) is 0.110. The summed E-state index contributed by atoms with van der Waals surface area (Å²) < 4.78 is 10.3. The summed E-state index contributed by atoms with van der Waals surface area (Å²) in [6.45, 7) is -0.145. The molecule has 2 aromatic rings. The first-order chi connectivity index (χ1) is 9.74. The Bertz CT molecular complexity index is 564. The van der Waals surface area contributed by atoms with E-state index in [9.17, 15) is 9.59 Å². The number of hydrogen-bond donors (Lipinski definition) is 0. The van der Waals surface area contributed by atoms with Crippen LogP contribution < -0.4 is 9.47 Å². The van der Waals surface area contributed by atoms with Gasteiger partial charge in [-0.15, -0.1) is 0 Å². The molecule has 0 unspecified atom stereocenters. The van der Waals surface area contributed by atoms with Gasteiger partial charge in [-0.05, 0) is 24.3 Å². The summed E-state index contributed by atoms with van der Waals surface area (Å²) in [5, 5.41) is 0. The zero-order valence-electron chi connectivity index (χ0n) is 10.8. The van der Waals surface area contributed by atoms with Crippen LogP contribution in [0.15, 0.2) is 60.7 Å². The fourth-order valence-corrected chi connectivity index (χ4v) is 1.55. The molecule has 0 atom stereocenters. The van der Waals surface area contributed by atoms with E-state index in [0.717, 1.165) is 0 Å². The van der Waals surface area contributed by atoms with Crippen LogP contribution in [0.3, 0.4) is 0 Å². The maximum Gasteiger partial charge on any atom is 0.318 e. The van der Waals surface area contributed by atoms with Crippen molar-refractivity contribution in [2.24, 2.45) is 0 Å². The summed E-state index contributed by atoms with van der Waals surface area (Å²) in [5.41, 5.74) is 0. The third-order valence-electron chi connectivity index (χ3n) is 2.46. The van der Waals surface area contributed by atoms with E-state index < -0.39 is 5.97 Å². The van der Waals surface area contributed by atoms with E-state index in [0.29, 0.717) is 11.5 Å². The molecule has 2 rings (SSSR count). The van der Waals surface area contributed by atoms with E-state index in [1.54, 1.807) is 36.4 Å². The van der Waals surface area contributed by atoms with Crippen LogP contribution >= 0.6 is 0 Å². The summed E-state index contributed by atoms with van der Waals surface area (Å²) in [6.07, 6.45) is -0.304. The molecular weight excluding hydrogens is 256 g/mol. The summed E-state index contributed by atoms with van der Waals surface area (Å²) in [7, 11) is 0. The highest BCUT2D eigenvalue weighted by molar-refractivity contribution is 5.97. The van der Waals surface area contributed by atoms with Crippen LogP contribution in [0, 0.1) is 0 Å². The van der Waals surface area contributed by atoms with Gasteiger partial charge in [0.2, 0.25) is 0 Å². The van der Waals surface area contributed by atoms with Crippen molar-refractivity contribution in [3.05, 3.63) is 60.7 Å². The smallest absolute Gasteiger partial charge is 0.318 e. The van der Waals surface area contributed by atoms with Gasteiger partial charge in [-0.2, -0.15) is 0 Å². The standard InChI is InChI=1S/C16H14O4/c17-13(12-19-14-7-3-1-4-8-14)11-16(18)20-15-9-5-2-6-10-15/h1-10H,11-12H2. The monoisotopic (exact) mass is 270 g/mol. The summed E-state index contributed by atoms with van der Waals surface area (Å²) in [4.78, 5) is 23.1. The number of para-hydroxylation sites is 2. The average Bonchev–Trinajstić information content (AvgIpc) is 2.47. The van der Waals surface area contributed by atoms with Gasteiger partial charge >= 0.3 is 5.97 Å². The lowest BCUT2D eigenvalue weighted by molar-refractivity contribution is -0.138. The Balaban J connectivity index is 1.75. The third kappa shape index (κ3) is 4.57. The van der Waals surface area contributed by atoms with Gasteiger partial charge < -0.3 is 9.47 Å². The molecule has 102 valence electrons. The number of ether oxygens (including phenoxy) is 2. The topological polar surface area (TPSA) is 52.6 Å². The molecule has 4 heteroatoms. The molecule has 0 N–H and O–H groups in total. The van der Waals surface area contributed by atoms with Crippen molar-refractivity contribution in [1.82, 2.24) is 0 Å². The molecule has 0 aliphatic rings. The molecule has 0 heterocycles. The second-order valence-electron chi connectivity index (χ2n) is 4.10. The zero-order valence-corrected chi connectivity index (χ0v) is 10.8. The number of ketones is 1. The van der Waals surface area contributed by atoms with Crippen LogP contribution in [0.1, 0.15) is 6.42 Å². The van der Waals surface area contributed by atoms with Crippen molar-refractivity contribution in [3.8, 4) is 11.5 Å². The van der Waals surface area contributed by atoms with Crippen molar-refractivity contribution >= 4 is 11.8 Å². The molecule has 0 radical (unpaired) electrons. The van der Waals surface area contributed by atoms with E-state index in [4.69, 9.17) is 9.47 Å². The Labute approximate surface area is 116 Å². The molecule has 4 nitrogen and oxygen atoms in total. The number of benzene rings is 2. The quantitative estimate of drug-likeness (QED) is 0.460.